The summed E-state index contributed by atoms with van der Waals surface area (Å²) < 4.78 is 0. The lowest BCUT2D eigenvalue weighted by Crippen LogP contribution is -2.28. The quantitative estimate of drug-likeness (QED) is 0.820. The van der Waals surface area contributed by atoms with E-state index < -0.39 is 5.97 Å². The minimum Gasteiger partial charge on any atom is -0.477 e. The molecule has 0 radical (unpaired) electrons. The highest BCUT2D eigenvalue weighted by molar-refractivity contribution is 7.13. The van der Waals surface area contributed by atoms with Crippen molar-refractivity contribution in [1.29, 1.82) is 0 Å². The maximum absolute atomic E-state index is 10.7. The number of carboxylic acids is 1. The topological polar surface area (TPSA) is 43.8 Å². The Morgan fingerprint density at radius 2 is 2.00 bits per heavy atom. The molecule has 1 heterocycles. The Bertz CT molecular complexity index is 350. The molecule has 0 spiro atoms. The molecule has 1 aromatic rings. The predicted octanol–water partition coefficient (Wildman–Crippen LogP) is 1.44. The van der Waals surface area contributed by atoms with Crippen LogP contribution in [0.3, 0.4) is 0 Å². The molecule has 1 rings (SSSR count). The molecule has 0 aliphatic carbocycles. The number of thiophene rings is 1. The van der Waals surface area contributed by atoms with Crippen LogP contribution in [-0.4, -0.2) is 55.1 Å². The molecule has 0 aliphatic heterocycles. The Labute approximate surface area is 100 Å². The van der Waals surface area contributed by atoms with E-state index in [-0.39, 0.29) is 0 Å². The Balaban J connectivity index is 2.43. The van der Waals surface area contributed by atoms with Gasteiger partial charge in [-0.3, -0.25) is 0 Å². The number of hydrogen-bond acceptors (Lipinski definition) is 4. The van der Waals surface area contributed by atoms with Crippen molar-refractivity contribution in [3.63, 3.8) is 0 Å². The monoisotopic (exact) mass is 242 g/mol. The minimum absolute atomic E-state index is 0.413. The minimum atomic E-state index is -0.841. The molecular weight excluding hydrogens is 224 g/mol. The van der Waals surface area contributed by atoms with E-state index in [0.717, 1.165) is 24.5 Å². The zero-order valence-electron chi connectivity index (χ0n) is 9.93. The van der Waals surface area contributed by atoms with Crippen LogP contribution in [0.1, 0.15) is 14.5 Å². The summed E-state index contributed by atoms with van der Waals surface area (Å²) in [4.78, 5) is 16.5. The van der Waals surface area contributed by atoms with Crippen LogP contribution in [0.4, 0.5) is 0 Å². The first-order chi connectivity index (χ1) is 7.49. The third-order valence-corrected chi connectivity index (χ3v) is 3.29. The van der Waals surface area contributed by atoms with E-state index in [2.05, 4.69) is 9.80 Å². The molecular formula is C11H18N2O2S. The first kappa shape index (κ1) is 13.2. The van der Waals surface area contributed by atoms with Crippen LogP contribution in [0.5, 0.6) is 0 Å². The molecule has 90 valence electrons. The van der Waals surface area contributed by atoms with E-state index >= 15 is 0 Å². The summed E-state index contributed by atoms with van der Waals surface area (Å²) in [5.74, 6) is -0.841. The summed E-state index contributed by atoms with van der Waals surface area (Å²) in [6.07, 6.45) is 0. The van der Waals surface area contributed by atoms with Crippen LogP contribution in [0.25, 0.3) is 0 Å². The average molecular weight is 242 g/mol. The molecule has 0 amide bonds. The fourth-order valence-electron chi connectivity index (χ4n) is 1.29. The molecule has 0 fully saturated rings. The lowest BCUT2D eigenvalue weighted by molar-refractivity contribution is 0.0702. The number of likely N-dealkylation sites (N-methyl/N-ethyl adjacent to an activating group) is 2. The summed E-state index contributed by atoms with van der Waals surface area (Å²) in [5.41, 5.74) is 0. The fourth-order valence-corrected chi connectivity index (χ4v) is 2.22. The summed E-state index contributed by atoms with van der Waals surface area (Å²) in [5, 5.41) is 8.80. The smallest absolute Gasteiger partial charge is 0.345 e. The second-order valence-electron chi connectivity index (χ2n) is 4.11. The standard InChI is InChI=1S/C11H18N2O2S/c1-12(2)6-7-13(3)8-9-4-5-10(16-9)11(14)15/h4-5H,6-8H2,1-3H3,(H,14,15). The molecule has 1 N–H and O–H groups in total. The van der Waals surface area contributed by atoms with E-state index in [4.69, 9.17) is 5.11 Å². The number of rotatable bonds is 6. The Morgan fingerprint density at radius 3 is 2.50 bits per heavy atom. The van der Waals surface area contributed by atoms with Gasteiger partial charge in [0, 0.05) is 24.5 Å². The van der Waals surface area contributed by atoms with E-state index in [9.17, 15) is 4.79 Å². The van der Waals surface area contributed by atoms with E-state index in [1.54, 1.807) is 6.07 Å². The third-order valence-electron chi connectivity index (χ3n) is 2.23. The maximum Gasteiger partial charge on any atom is 0.345 e. The number of hydrogen-bond donors (Lipinski definition) is 1. The molecule has 1 aromatic heterocycles. The Kier molecular flexibility index (Phi) is 4.92. The zero-order chi connectivity index (χ0) is 12.1. The second-order valence-corrected chi connectivity index (χ2v) is 5.28. The van der Waals surface area contributed by atoms with E-state index in [1.165, 1.54) is 11.3 Å². The normalized spacial score (nSPS) is 11.3. The lowest BCUT2D eigenvalue weighted by Gasteiger charge is -2.18. The molecule has 0 atom stereocenters. The van der Waals surface area contributed by atoms with Crippen LogP contribution in [0, 0.1) is 0 Å². The van der Waals surface area contributed by atoms with Crippen LogP contribution in [0.15, 0.2) is 12.1 Å². The van der Waals surface area contributed by atoms with Crippen molar-refractivity contribution in [2.24, 2.45) is 0 Å². The van der Waals surface area contributed by atoms with Crippen molar-refractivity contribution >= 4 is 17.3 Å². The number of carboxylic acid groups (broad SMARTS) is 1. The van der Waals surface area contributed by atoms with Crippen LogP contribution >= 0.6 is 11.3 Å². The molecule has 0 saturated heterocycles. The molecule has 0 unspecified atom stereocenters. The maximum atomic E-state index is 10.7. The van der Waals surface area contributed by atoms with Crippen molar-refractivity contribution < 1.29 is 9.90 Å². The van der Waals surface area contributed by atoms with Gasteiger partial charge in [0.05, 0.1) is 0 Å². The van der Waals surface area contributed by atoms with Gasteiger partial charge in [0.25, 0.3) is 0 Å². The highest BCUT2D eigenvalue weighted by atomic mass is 32.1. The SMILES string of the molecule is CN(C)CCN(C)Cc1ccc(C(=O)O)s1. The van der Waals surface area contributed by atoms with Crippen molar-refractivity contribution in [2.75, 3.05) is 34.2 Å². The van der Waals surface area contributed by atoms with Crippen LogP contribution in [-0.2, 0) is 6.54 Å². The van der Waals surface area contributed by atoms with Crippen LogP contribution < -0.4 is 0 Å². The van der Waals surface area contributed by atoms with Crippen molar-refractivity contribution in [2.45, 2.75) is 6.54 Å². The van der Waals surface area contributed by atoms with Gasteiger partial charge in [-0.05, 0) is 33.3 Å². The summed E-state index contributed by atoms with van der Waals surface area (Å²) in [6, 6.07) is 3.56. The highest BCUT2D eigenvalue weighted by Crippen LogP contribution is 2.17. The van der Waals surface area contributed by atoms with Crippen molar-refractivity contribution in [3.05, 3.63) is 21.9 Å². The summed E-state index contributed by atoms with van der Waals surface area (Å²) in [6.45, 7) is 2.80. The van der Waals surface area contributed by atoms with Gasteiger partial charge in [-0.25, -0.2) is 4.79 Å². The van der Waals surface area contributed by atoms with Gasteiger partial charge in [-0.2, -0.15) is 0 Å². The average Bonchev–Trinajstić information content (AvgIpc) is 2.63. The largest absolute Gasteiger partial charge is 0.477 e. The van der Waals surface area contributed by atoms with Gasteiger partial charge >= 0.3 is 5.97 Å². The van der Waals surface area contributed by atoms with Crippen LogP contribution in [0.2, 0.25) is 0 Å². The first-order valence-corrected chi connectivity index (χ1v) is 5.96. The second kappa shape index (κ2) is 5.98. The molecule has 4 nitrogen and oxygen atoms in total. The molecule has 0 aliphatic rings. The van der Waals surface area contributed by atoms with E-state index in [1.807, 2.05) is 27.2 Å². The van der Waals surface area contributed by atoms with Gasteiger partial charge in [-0.1, -0.05) is 0 Å². The molecule has 0 saturated carbocycles. The lowest BCUT2D eigenvalue weighted by atomic mass is 10.4. The Hall–Kier alpha value is -0.910. The first-order valence-electron chi connectivity index (χ1n) is 5.14. The molecule has 0 bridgehead atoms. The third kappa shape index (κ3) is 4.30. The molecule has 0 aromatic carbocycles. The van der Waals surface area contributed by atoms with Crippen molar-refractivity contribution in [1.82, 2.24) is 9.80 Å². The number of carbonyl (C=O) groups is 1. The summed E-state index contributed by atoms with van der Waals surface area (Å²) >= 11 is 1.35. The van der Waals surface area contributed by atoms with Gasteiger partial charge < -0.3 is 14.9 Å². The van der Waals surface area contributed by atoms with E-state index in [0.29, 0.717) is 4.88 Å². The molecule has 16 heavy (non-hydrogen) atoms. The Morgan fingerprint density at radius 1 is 1.31 bits per heavy atom. The predicted molar refractivity (Wildman–Crippen MR) is 66.2 cm³/mol. The number of nitrogens with zero attached hydrogens (tertiary/aromatic N) is 2. The highest BCUT2D eigenvalue weighted by Gasteiger charge is 2.08. The van der Waals surface area contributed by atoms with Gasteiger partial charge in [0.15, 0.2) is 0 Å². The number of aromatic carboxylic acids is 1. The van der Waals surface area contributed by atoms with Crippen molar-refractivity contribution in [3.8, 4) is 0 Å². The van der Waals surface area contributed by atoms with Gasteiger partial charge in [-0.15, -0.1) is 11.3 Å². The van der Waals surface area contributed by atoms with Gasteiger partial charge in [0.1, 0.15) is 4.88 Å². The fraction of sp³-hybridized carbons (Fsp3) is 0.545. The summed E-state index contributed by atoms with van der Waals surface area (Å²) in [7, 11) is 6.13. The zero-order valence-corrected chi connectivity index (χ0v) is 10.8. The van der Waals surface area contributed by atoms with Gasteiger partial charge in [0.2, 0.25) is 0 Å². The molecule has 5 heteroatoms.